The number of carbonyl (C=O) groups excluding carboxylic acids is 1. The third-order valence-corrected chi connectivity index (χ3v) is 7.38. The molecule has 1 aliphatic heterocycles. The van der Waals surface area contributed by atoms with Crippen LogP contribution in [0.4, 0.5) is 16.3 Å². The lowest BCUT2D eigenvalue weighted by Crippen LogP contribution is -2.47. The predicted octanol–water partition coefficient (Wildman–Crippen LogP) is 5.46. The third-order valence-electron chi connectivity index (χ3n) is 7.38. The highest BCUT2D eigenvalue weighted by atomic mass is 16.2. The Labute approximate surface area is 215 Å². The topological polar surface area (TPSA) is 56.6 Å². The highest BCUT2D eigenvalue weighted by molar-refractivity contribution is 5.90. The fourth-order valence-corrected chi connectivity index (χ4v) is 4.80. The number of hydrogen-bond donors (Lipinski definition) is 1. The van der Waals surface area contributed by atoms with E-state index >= 15 is 0 Å². The number of para-hydroxylation sites is 2. The van der Waals surface area contributed by atoms with Crippen molar-refractivity contribution in [2.75, 3.05) is 42.9 Å². The number of nitrogens with zero attached hydrogens (tertiary/aromatic N) is 5. The molecule has 1 aliphatic rings. The largest absolute Gasteiger partial charge is 0.354 e. The van der Waals surface area contributed by atoms with E-state index in [4.69, 9.17) is 5.10 Å². The first-order valence-corrected chi connectivity index (χ1v) is 13.2. The standard InChI is InChI=1S/C29H40N6O/c1-6-23(4)34(29(36)30-27-16-12-11-13-22(27)3)21-26-24(5)31-35(25-14-9-8-10-15-25)28(26)33-19-17-32(7-2)18-20-33/h8-16,23H,6-7,17-21H2,1-5H3,(H,30,36). The van der Waals surface area contributed by atoms with Crippen molar-refractivity contribution < 1.29 is 4.79 Å². The summed E-state index contributed by atoms with van der Waals surface area (Å²) in [6, 6.07) is 18.2. The molecule has 0 bridgehead atoms. The Morgan fingerprint density at radius 2 is 1.67 bits per heavy atom. The molecule has 192 valence electrons. The summed E-state index contributed by atoms with van der Waals surface area (Å²) < 4.78 is 2.07. The average molecular weight is 489 g/mol. The van der Waals surface area contributed by atoms with E-state index in [9.17, 15) is 4.79 Å². The number of benzene rings is 2. The van der Waals surface area contributed by atoms with Gasteiger partial charge in [-0.15, -0.1) is 0 Å². The van der Waals surface area contributed by atoms with Crippen LogP contribution in [0.15, 0.2) is 54.6 Å². The number of anilines is 2. The van der Waals surface area contributed by atoms with E-state index in [0.29, 0.717) is 6.54 Å². The second kappa shape index (κ2) is 11.6. The van der Waals surface area contributed by atoms with Crippen LogP contribution in [0.5, 0.6) is 0 Å². The van der Waals surface area contributed by atoms with E-state index in [1.165, 1.54) is 0 Å². The Kier molecular flexibility index (Phi) is 8.31. The minimum absolute atomic E-state index is 0.0766. The molecule has 1 fully saturated rings. The SMILES string of the molecule is CCC(C)N(Cc1c(C)nn(-c2ccccc2)c1N1CCN(CC)CC1)C(=O)Nc1ccccc1C. The monoisotopic (exact) mass is 488 g/mol. The van der Waals surface area contributed by atoms with E-state index in [-0.39, 0.29) is 12.1 Å². The molecule has 0 aliphatic carbocycles. The van der Waals surface area contributed by atoms with Gasteiger partial charge in [-0.05, 0) is 57.5 Å². The molecule has 4 rings (SSSR count). The van der Waals surface area contributed by atoms with Gasteiger partial charge in [-0.1, -0.05) is 50.2 Å². The summed E-state index contributed by atoms with van der Waals surface area (Å²) >= 11 is 0. The molecule has 0 saturated carbocycles. The van der Waals surface area contributed by atoms with Gasteiger partial charge in [-0.25, -0.2) is 9.48 Å². The highest BCUT2D eigenvalue weighted by Gasteiger charge is 2.29. The van der Waals surface area contributed by atoms with Crippen molar-refractivity contribution in [2.24, 2.45) is 0 Å². The number of hydrogen-bond acceptors (Lipinski definition) is 4. The summed E-state index contributed by atoms with van der Waals surface area (Å²) in [4.78, 5) is 20.5. The Bertz CT molecular complexity index is 1150. The second-order valence-electron chi connectivity index (χ2n) is 9.69. The van der Waals surface area contributed by atoms with Crippen molar-refractivity contribution in [3.63, 3.8) is 0 Å². The molecule has 3 aromatic rings. The van der Waals surface area contributed by atoms with Gasteiger partial charge in [-0.3, -0.25) is 0 Å². The molecule has 7 nitrogen and oxygen atoms in total. The van der Waals surface area contributed by atoms with E-state index < -0.39 is 0 Å². The van der Waals surface area contributed by atoms with Crippen molar-refractivity contribution >= 4 is 17.5 Å². The third kappa shape index (κ3) is 5.57. The molecule has 1 N–H and O–H groups in total. The van der Waals surface area contributed by atoms with Gasteiger partial charge in [-0.2, -0.15) is 5.10 Å². The van der Waals surface area contributed by atoms with Crippen molar-refractivity contribution in [3.05, 3.63) is 71.4 Å². The lowest BCUT2D eigenvalue weighted by atomic mass is 10.1. The molecule has 1 saturated heterocycles. The van der Waals surface area contributed by atoms with Gasteiger partial charge >= 0.3 is 6.03 Å². The summed E-state index contributed by atoms with van der Waals surface area (Å²) in [6.45, 7) is 16.1. The van der Waals surface area contributed by atoms with E-state index in [0.717, 1.165) is 73.2 Å². The molecule has 1 aromatic heterocycles. The van der Waals surface area contributed by atoms with Gasteiger partial charge in [0.05, 0.1) is 17.9 Å². The fourth-order valence-electron chi connectivity index (χ4n) is 4.80. The summed E-state index contributed by atoms with van der Waals surface area (Å²) in [7, 11) is 0. The molecule has 2 amide bonds. The molecule has 2 aromatic carbocycles. The van der Waals surface area contributed by atoms with Gasteiger partial charge in [0.25, 0.3) is 0 Å². The summed E-state index contributed by atoms with van der Waals surface area (Å²) in [5, 5.41) is 8.15. The second-order valence-corrected chi connectivity index (χ2v) is 9.69. The van der Waals surface area contributed by atoms with Crippen LogP contribution in [0, 0.1) is 13.8 Å². The van der Waals surface area contributed by atoms with Crippen molar-refractivity contribution in [1.29, 1.82) is 0 Å². The summed E-state index contributed by atoms with van der Waals surface area (Å²) in [6.07, 6.45) is 0.873. The first-order valence-electron chi connectivity index (χ1n) is 13.2. The number of carbonyl (C=O) groups is 1. The van der Waals surface area contributed by atoms with E-state index in [1.54, 1.807) is 0 Å². The van der Waals surface area contributed by atoms with E-state index in [1.807, 2.05) is 54.3 Å². The molecule has 1 atom stereocenters. The lowest BCUT2D eigenvalue weighted by molar-refractivity contribution is 0.187. The average Bonchev–Trinajstić information content (AvgIpc) is 3.24. The normalized spacial score (nSPS) is 15.1. The van der Waals surface area contributed by atoms with Crippen LogP contribution in [-0.4, -0.2) is 64.4 Å². The highest BCUT2D eigenvalue weighted by Crippen LogP contribution is 2.30. The molecule has 1 unspecified atom stereocenters. The van der Waals surface area contributed by atoms with Gasteiger partial charge in [0, 0.05) is 43.5 Å². The maximum atomic E-state index is 13.6. The fraction of sp³-hybridized carbons (Fsp3) is 0.448. The molecule has 36 heavy (non-hydrogen) atoms. The Morgan fingerprint density at radius 1 is 1.00 bits per heavy atom. The number of aryl methyl sites for hydroxylation is 2. The van der Waals surface area contributed by atoms with E-state index in [2.05, 4.69) is 59.6 Å². The minimum Gasteiger partial charge on any atom is -0.354 e. The lowest BCUT2D eigenvalue weighted by Gasteiger charge is -2.37. The zero-order chi connectivity index (χ0) is 25.7. The summed E-state index contributed by atoms with van der Waals surface area (Å²) in [5.41, 5.74) is 5.02. The number of rotatable bonds is 8. The van der Waals surface area contributed by atoms with Crippen LogP contribution in [0.25, 0.3) is 5.69 Å². The first-order chi connectivity index (χ1) is 17.4. The molecule has 7 heteroatoms. The van der Waals surface area contributed by atoms with Crippen molar-refractivity contribution in [1.82, 2.24) is 19.6 Å². The number of aromatic nitrogens is 2. The van der Waals surface area contributed by atoms with Gasteiger partial charge < -0.3 is 20.0 Å². The zero-order valence-corrected chi connectivity index (χ0v) is 22.4. The van der Waals surface area contributed by atoms with Crippen LogP contribution in [0.2, 0.25) is 0 Å². The van der Waals surface area contributed by atoms with Gasteiger partial charge in [0.2, 0.25) is 0 Å². The number of urea groups is 1. The number of amides is 2. The number of likely N-dealkylation sites (N-methyl/N-ethyl adjacent to an activating group) is 1. The summed E-state index contributed by atoms with van der Waals surface area (Å²) in [5.74, 6) is 1.10. The van der Waals surface area contributed by atoms with Crippen molar-refractivity contribution in [2.45, 2.75) is 53.6 Å². The maximum Gasteiger partial charge on any atom is 0.322 e. The predicted molar refractivity (Wildman–Crippen MR) is 148 cm³/mol. The van der Waals surface area contributed by atoms with Gasteiger partial charge in [0.15, 0.2) is 0 Å². The molecular formula is C29H40N6O. The Morgan fingerprint density at radius 3 is 2.31 bits per heavy atom. The number of piperazine rings is 1. The Hall–Kier alpha value is -3.32. The van der Waals surface area contributed by atoms with Crippen LogP contribution in [0.3, 0.4) is 0 Å². The molecular weight excluding hydrogens is 448 g/mol. The zero-order valence-electron chi connectivity index (χ0n) is 22.4. The van der Waals surface area contributed by atoms with Gasteiger partial charge in [0.1, 0.15) is 5.82 Å². The van der Waals surface area contributed by atoms with Crippen LogP contribution >= 0.6 is 0 Å². The molecule has 2 heterocycles. The Balaban J connectivity index is 1.70. The first kappa shape index (κ1) is 25.8. The molecule has 0 radical (unpaired) electrons. The smallest absolute Gasteiger partial charge is 0.322 e. The van der Waals surface area contributed by atoms with Crippen molar-refractivity contribution in [3.8, 4) is 5.69 Å². The van der Waals surface area contributed by atoms with Crippen LogP contribution < -0.4 is 10.2 Å². The maximum absolute atomic E-state index is 13.6. The number of nitrogens with one attached hydrogen (secondary N) is 1. The quantitative estimate of drug-likeness (QED) is 0.457. The van der Waals surface area contributed by atoms with Crippen LogP contribution in [0.1, 0.15) is 44.0 Å². The minimum atomic E-state index is -0.0766. The molecule has 0 spiro atoms. The van der Waals surface area contributed by atoms with Crippen LogP contribution in [-0.2, 0) is 6.54 Å².